The van der Waals surface area contributed by atoms with Crippen molar-refractivity contribution in [2.24, 2.45) is 11.7 Å². The molecular weight excluding hydrogens is 186 g/mol. The van der Waals surface area contributed by atoms with E-state index in [1.165, 1.54) is 12.1 Å². The Hall–Kier alpha value is -1.09. The van der Waals surface area contributed by atoms with Crippen LogP contribution in [0, 0.1) is 5.92 Å². The van der Waals surface area contributed by atoms with Crippen LogP contribution in [0.25, 0.3) is 0 Å². The van der Waals surface area contributed by atoms with Crippen LogP contribution in [-0.4, -0.2) is 18.6 Å². The highest BCUT2D eigenvalue weighted by atomic mass is 15.1. The van der Waals surface area contributed by atoms with Gasteiger partial charge in [-0.25, -0.2) is 0 Å². The number of nitrogens with two attached hydrogens (primary N) is 1. The maximum atomic E-state index is 5.56. The normalized spacial score (nSPS) is 10.7. The minimum atomic E-state index is 0.506. The van der Waals surface area contributed by atoms with Gasteiger partial charge in [-0.05, 0) is 24.5 Å². The lowest BCUT2D eigenvalue weighted by atomic mass is 10.1. The van der Waals surface area contributed by atoms with Crippen molar-refractivity contribution in [2.75, 3.05) is 18.5 Å². The van der Waals surface area contributed by atoms with E-state index >= 15 is 0 Å². The summed E-state index contributed by atoms with van der Waals surface area (Å²) in [4.78, 5) is 6.43. The zero-order chi connectivity index (χ0) is 11.3. The molecule has 1 aromatic heterocycles. The molecule has 0 atom stereocenters. The van der Waals surface area contributed by atoms with Crippen molar-refractivity contribution >= 4 is 5.69 Å². The van der Waals surface area contributed by atoms with Crippen LogP contribution in [0.15, 0.2) is 18.3 Å². The molecule has 0 amide bonds. The average molecular weight is 207 g/mol. The third-order valence-corrected chi connectivity index (χ3v) is 2.49. The van der Waals surface area contributed by atoms with E-state index in [-0.39, 0.29) is 0 Å². The molecule has 3 heteroatoms. The lowest BCUT2D eigenvalue weighted by Crippen LogP contribution is -2.20. The van der Waals surface area contributed by atoms with E-state index in [4.69, 9.17) is 5.73 Å². The van der Waals surface area contributed by atoms with Crippen LogP contribution in [0.2, 0.25) is 0 Å². The van der Waals surface area contributed by atoms with Crippen LogP contribution in [0.1, 0.15) is 26.0 Å². The molecule has 0 unspecified atom stereocenters. The van der Waals surface area contributed by atoms with Gasteiger partial charge in [-0.2, -0.15) is 0 Å². The Labute approximate surface area is 92.3 Å². The highest BCUT2D eigenvalue weighted by molar-refractivity contribution is 5.45. The van der Waals surface area contributed by atoms with Crippen molar-refractivity contribution in [2.45, 2.75) is 26.8 Å². The van der Waals surface area contributed by atoms with Gasteiger partial charge in [0.2, 0.25) is 0 Å². The number of hydrogen-bond acceptors (Lipinski definition) is 3. The molecule has 0 aliphatic carbocycles. The standard InChI is InChI=1S/C12H21N3/c1-10(2)5-7-15(3)12-4-6-14-11(8-12)9-13/h4,6,8,10H,5,7,9,13H2,1-3H3. The first-order chi connectivity index (χ1) is 7.13. The molecule has 0 aliphatic heterocycles. The lowest BCUT2D eigenvalue weighted by molar-refractivity contribution is 0.585. The Morgan fingerprint density at radius 3 is 2.80 bits per heavy atom. The minimum absolute atomic E-state index is 0.506. The van der Waals surface area contributed by atoms with Gasteiger partial charge in [0.1, 0.15) is 0 Å². The van der Waals surface area contributed by atoms with E-state index in [2.05, 4.69) is 36.8 Å². The second-order valence-corrected chi connectivity index (χ2v) is 4.31. The maximum absolute atomic E-state index is 5.56. The van der Waals surface area contributed by atoms with E-state index < -0.39 is 0 Å². The van der Waals surface area contributed by atoms with Crippen LogP contribution in [0.3, 0.4) is 0 Å². The SMILES string of the molecule is CC(C)CCN(C)c1ccnc(CN)c1. The fourth-order valence-corrected chi connectivity index (χ4v) is 1.40. The Balaban J connectivity index is 2.60. The van der Waals surface area contributed by atoms with Gasteiger partial charge in [-0.15, -0.1) is 0 Å². The summed E-state index contributed by atoms with van der Waals surface area (Å²) < 4.78 is 0. The maximum Gasteiger partial charge on any atom is 0.0560 e. The predicted octanol–water partition coefficient (Wildman–Crippen LogP) is 2.02. The zero-order valence-corrected chi connectivity index (χ0v) is 9.90. The van der Waals surface area contributed by atoms with Gasteiger partial charge in [0, 0.05) is 32.0 Å². The number of nitrogens with zero attached hydrogens (tertiary/aromatic N) is 2. The van der Waals surface area contributed by atoms with E-state index in [9.17, 15) is 0 Å². The van der Waals surface area contributed by atoms with Crippen LogP contribution < -0.4 is 10.6 Å². The summed E-state index contributed by atoms with van der Waals surface area (Å²) in [5.41, 5.74) is 7.71. The molecule has 0 spiro atoms. The topological polar surface area (TPSA) is 42.2 Å². The monoisotopic (exact) mass is 207 g/mol. The highest BCUT2D eigenvalue weighted by Crippen LogP contribution is 2.14. The molecule has 0 saturated carbocycles. The van der Waals surface area contributed by atoms with Crippen LogP contribution in [0.5, 0.6) is 0 Å². The molecule has 84 valence electrons. The number of anilines is 1. The smallest absolute Gasteiger partial charge is 0.0560 e. The van der Waals surface area contributed by atoms with E-state index in [1.54, 1.807) is 0 Å². The quantitative estimate of drug-likeness (QED) is 0.803. The molecule has 0 saturated heterocycles. The van der Waals surface area contributed by atoms with E-state index in [0.717, 1.165) is 18.2 Å². The Bertz CT molecular complexity index is 297. The molecule has 0 radical (unpaired) electrons. The van der Waals surface area contributed by atoms with Crippen molar-refractivity contribution in [1.82, 2.24) is 4.98 Å². The molecule has 1 heterocycles. The first-order valence-corrected chi connectivity index (χ1v) is 5.49. The van der Waals surface area contributed by atoms with Crippen LogP contribution >= 0.6 is 0 Å². The van der Waals surface area contributed by atoms with Gasteiger partial charge in [0.25, 0.3) is 0 Å². The van der Waals surface area contributed by atoms with Gasteiger partial charge >= 0.3 is 0 Å². The number of hydrogen-bond donors (Lipinski definition) is 1. The summed E-state index contributed by atoms with van der Waals surface area (Å²) in [6.07, 6.45) is 3.03. The summed E-state index contributed by atoms with van der Waals surface area (Å²) in [5.74, 6) is 0.739. The molecule has 1 aromatic rings. The Morgan fingerprint density at radius 1 is 1.47 bits per heavy atom. The molecule has 2 N–H and O–H groups in total. The van der Waals surface area contributed by atoms with Crippen molar-refractivity contribution in [3.8, 4) is 0 Å². The van der Waals surface area contributed by atoms with Crippen molar-refractivity contribution < 1.29 is 0 Å². The van der Waals surface area contributed by atoms with Gasteiger partial charge < -0.3 is 10.6 Å². The van der Waals surface area contributed by atoms with Gasteiger partial charge in [-0.3, -0.25) is 4.98 Å². The zero-order valence-electron chi connectivity index (χ0n) is 9.90. The summed E-state index contributed by atoms with van der Waals surface area (Å²) in [7, 11) is 2.11. The average Bonchev–Trinajstić information content (AvgIpc) is 2.26. The molecular formula is C12H21N3. The van der Waals surface area contributed by atoms with Gasteiger partial charge in [0.05, 0.1) is 5.69 Å². The van der Waals surface area contributed by atoms with Crippen molar-refractivity contribution in [3.63, 3.8) is 0 Å². The molecule has 15 heavy (non-hydrogen) atoms. The molecule has 0 fully saturated rings. The predicted molar refractivity (Wildman–Crippen MR) is 64.9 cm³/mol. The first-order valence-electron chi connectivity index (χ1n) is 5.49. The summed E-state index contributed by atoms with van der Waals surface area (Å²) in [6.45, 7) is 6.06. The lowest BCUT2D eigenvalue weighted by Gasteiger charge is -2.20. The van der Waals surface area contributed by atoms with Crippen molar-refractivity contribution in [3.05, 3.63) is 24.0 Å². The Morgan fingerprint density at radius 2 is 2.20 bits per heavy atom. The molecule has 0 aliphatic rings. The third kappa shape index (κ3) is 3.88. The largest absolute Gasteiger partial charge is 0.374 e. The van der Waals surface area contributed by atoms with E-state index in [0.29, 0.717) is 6.54 Å². The summed E-state index contributed by atoms with van der Waals surface area (Å²) in [5, 5.41) is 0. The Kier molecular flexibility index (Phi) is 4.56. The van der Waals surface area contributed by atoms with Crippen LogP contribution in [-0.2, 0) is 6.54 Å². The second kappa shape index (κ2) is 5.71. The van der Waals surface area contributed by atoms with Gasteiger partial charge in [-0.1, -0.05) is 13.8 Å². The molecule has 0 aromatic carbocycles. The molecule has 0 bridgehead atoms. The van der Waals surface area contributed by atoms with Crippen LogP contribution in [0.4, 0.5) is 5.69 Å². The number of rotatable bonds is 5. The number of pyridine rings is 1. The van der Waals surface area contributed by atoms with Gasteiger partial charge in [0.15, 0.2) is 0 Å². The van der Waals surface area contributed by atoms with Crippen molar-refractivity contribution in [1.29, 1.82) is 0 Å². The summed E-state index contributed by atoms with van der Waals surface area (Å²) in [6, 6.07) is 4.08. The first kappa shape index (κ1) is 12.0. The highest BCUT2D eigenvalue weighted by Gasteiger charge is 2.03. The minimum Gasteiger partial charge on any atom is -0.374 e. The summed E-state index contributed by atoms with van der Waals surface area (Å²) >= 11 is 0. The molecule has 1 rings (SSSR count). The second-order valence-electron chi connectivity index (χ2n) is 4.31. The fourth-order valence-electron chi connectivity index (χ4n) is 1.40. The fraction of sp³-hybridized carbons (Fsp3) is 0.583. The third-order valence-electron chi connectivity index (χ3n) is 2.49. The number of aromatic nitrogens is 1. The molecule has 3 nitrogen and oxygen atoms in total. The van der Waals surface area contributed by atoms with E-state index in [1.807, 2.05) is 12.3 Å².